The lowest BCUT2D eigenvalue weighted by Gasteiger charge is -2.22. The molecule has 0 spiro atoms. The predicted octanol–water partition coefficient (Wildman–Crippen LogP) is 2.93. The van der Waals surface area contributed by atoms with E-state index in [2.05, 4.69) is 40.4 Å². The van der Waals surface area contributed by atoms with Crippen LogP contribution in [0.2, 0.25) is 0 Å². The number of aliphatic imine (C=N–C) groups is 1. The Labute approximate surface area is 149 Å². The number of guanidine groups is 1. The lowest BCUT2D eigenvalue weighted by Crippen LogP contribution is -2.39. The molecule has 0 aliphatic carbocycles. The molecule has 1 aromatic heterocycles. The normalized spacial score (nSPS) is 11.9. The van der Waals surface area contributed by atoms with Crippen molar-refractivity contribution in [3.8, 4) is 0 Å². The van der Waals surface area contributed by atoms with Crippen LogP contribution in [0.1, 0.15) is 36.6 Å². The van der Waals surface area contributed by atoms with E-state index in [9.17, 15) is 4.39 Å². The fourth-order valence-corrected chi connectivity index (χ4v) is 2.89. The summed E-state index contributed by atoms with van der Waals surface area (Å²) in [5.41, 5.74) is 3.01. The van der Waals surface area contributed by atoms with Gasteiger partial charge in [-0.05, 0) is 24.0 Å². The van der Waals surface area contributed by atoms with Crippen molar-refractivity contribution < 1.29 is 4.39 Å². The molecule has 0 radical (unpaired) electrons. The highest BCUT2D eigenvalue weighted by Gasteiger charge is 2.15. The van der Waals surface area contributed by atoms with E-state index in [4.69, 9.17) is 0 Å². The molecule has 2 rings (SSSR count). The molecule has 0 bridgehead atoms. The molecule has 1 heterocycles. The molecule has 0 saturated carbocycles. The molecule has 2 aromatic rings. The monoisotopic (exact) mass is 345 g/mol. The molecule has 0 amide bonds. The number of aryl methyl sites for hydroxylation is 1. The van der Waals surface area contributed by atoms with Crippen LogP contribution < -0.4 is 5.32 Å². The lowest BCUT2D eigenvalue weighted by atomic mass is 10.1. The maximum atomic E-state index is 13.7. The zero-order chi connectivity index (χ0) is 18.4. The Morgan fingerprint density at radius 2 is 2.04 bits per heavy atom. The third kappa shape index (κ3) is 5.05. The smallest absolute Gasteiger partial charge is 0.193 e. The number of hydrogen-bond acceptors (Lipinski definition) is 2. The van der Waals surface area contributed by atoms with Gasteiger partial charge in [-0.15, -0.1) is 0 Å². The van der Waals surface area contributed by atoms with Gasteiger partial charge in [0.2, 0.25) is 0 Å². The Hall–Kier alpha value is -2.37. The fourth-order valence-electron chi connectivity index (χ4n) is 2.89. The standard InChI is InChI=1S/C19H28FN5/c1-14(2)18-16(13-25(5)23-18)12-24(4)19(21-3)22-11-10-15-8-6-7-9-17(15)20/h6-9,13-14H,10-12H2,1-5H3,(H,21,22). The van der Waals surface area contributed by atoms with Gasteiger partial charge in [-0.25, -0.2) is 4.39 Å². The summed E-state index contributed by atoms with van der Waals surface area (Å²) in [4.78, 5) is 6.39. The Bertz CT molecular complexity index is 720. The Morgan fingerprint density at radius 3 is 2.68 bits per heavy atom. The molecule has 0 aliphatic heterocycles. The first-order valence-electron chi connectivity index (χ1n) is 8.60. The van der Waals surface area contributed by atoms with Gasteiger partial charge < -0.3 is 10.2 Å². The second-order valence-electron chi connectivity index (χ2n) is 6.54. The molecule has 0 aliphatic rings. The number of rotatable bonds is 6. The number of hydrogen-bond donors (Lipinski definition) is 1. The Morgan fingerprint density at radius 1 is 1.32 bits per heavy atom. The van der Waals surface area contributed by atoms with Crippen molar-refractivity contribution in [2.75, 3.05) is 20.6 Å². The van der Waals surface area contributed by atoms with Crippen molar-refractivity contribution >= 4 is 5.96 Å². The van der Waals surface area contributed by atoms with Gasteiger partial charge in [-0.3, -0.25) is 9.67 Å². The lowest BCUT2D eigenvalue weighted by molar-refractivity contribution is 0.473. The molecular weight excluding hydrogens is 317 g/mol. The maximum Gasteiger partial charge on any atom is 0.193 e. The number of aromatic nitrogens is 2. The Balaban J connectivity index is 1.95. The molecule has 0 saturated heterocycles. The van der Waals surface area contributed by atoms with Crippen LogP contribution in [0.3, 0.4) is 0 Å². The summed E-state index contributed by atoms with van der Waals surface area (Å²) < 4.78 is 15.5. The number of nitrogens with one attached hydrogen (secondary N) is 1. The molecule has 6 heteroatoms. The highest BCUT2D eigenvalue weighted by molar-refractivity contribution is 5.79. The topological polar surface area (TPSA) is 45.5 Å². The minimum atomic E-state index is -0.162. The third-order valence-electron chi connectivity index (χ3n) is 4.10. The summed E-state index contributed by atoms with van der Waals surface area (Å²) in [5.74, 6) is 1.00. The van der Waals surface area contributed by atoms with Crippen molar-refractivity contribution in [1.82, 2.24) is 20.0 Å². The van der Waals surface area contributed by atoms with Gasteiger partial charge >= 0.3 is 0 Å². The average molecular weight is 345 g/mol. The molecule has 0 unspecified atom stereocenters. The summed E-state index contributed by atoms with van der Waals surface area (Å²) in [7, 11) is 5.70. The minimum Gasteiger partial charge on any atom is -0.356 e. The molecule has 5 nitrogen and oxygen atoms in total. The number of benzene rings is 1. The van der Waals surface area contributed by atoms with E-state index in [1.807, 2.05) is 30.9 Å². The molecule has 1 aromatic carbocycles. The fraction of sp³-hybridized carbons (Fsp3) is 0.474. The van der Waals surface area contributed by atoms with Crippen LogP contribution in [0.4, 0.5) is 4.39 Å². The zero-order valence-electron chi connectivity index (χ0n) is 15.8. The second-order valence-corrected chi connectivity index (χ2v) is 6.54. The SMILES string of the molecule is CN=C(NCCc1ccccc1F)N(C)Cc1cn(C)nc1C(C)C. The first-order valence-corrected chi connectivity index (χ1v) is 8.60. The Kier molecular flexibility index (Phi) is 6.56. The molecule has 25 heavy (non-hydrogen) atoms. The van der Waals surface area contributed by atoms with Crippen LogP contribution >= 0.6 is 0 Å². The van der Waals surface area contributed by atoms with Crippen LogP contribution in [0, 0.1) is 5.82 Å². The summed E-state index contributed by atoms with van der Waals surface area (Å²) in [5, 5.41) is 7.85. The summed E-state index contributed by atoms with van der Waals surface area (Å²) >= 11 is 0. The zero-order valence-corrected chi connectivity index (χ0v) is 15.8. The van der Waals surface area contributed by atoms with Crippen LogP contribution in [-0.2, 0) is 20.0 Å². The van der Waals surface area contributed by atoms with Gasteiger partial charge in [-0.1, -0.05) is 32.0 Å². The van der Waals surface area contributed by atoms with Crippen LogP contribution in [0.25, 0.3) is 0 Å². The van der Waals surface area contributed by atoms with E-state index >= 15 is 0 Å². The molecular formula is C19H28FN5. The number of nitrogens with zero attached hydrogens (tertiary/aromatic N) is 4. The molecule has 136 valence electrons. The van der Waals surface area contributed by atoms with Crippen molar-refractivity contribution in [3.05, 3.63) is 53.1 Å². The van der Waals surface area contributed by atoms with Crippen molar-refractivity contribution in [1.29, 1.82) is 0 Å². The van der Waals surface area contributed by atoms with Gasteiger partial charge in [0, 0.05) is 46.0 Å². The van der Waals surface area contributed by atoms with Crippen molar-refractivity contribution in [2.45, 2.75) is 32.7 Å². The van der Waals surface area contributed by atoms with Crippen LogP contribution in [-0.4, -0.2) is 41.3 Å². The van der Waals surface area contributed by atoms with E-state index < -0.39 is 0 Å². The second kappa shape index (κ2) is 8.65. The predicted molar refractivity (Wildman–Crippen MR) is 100 cm³/mol. The summed E-state index contributed by atoms with van der Waals surface area (Å²) in [6, 6.07) is 6.87. The van der Waals surface area contributed by atoms with E-state index in [0.29, 0.717) is 24.4 Å². The maximum absolute atomic E-state index is 13.7. The highest BCUT2D eigenvalue weighted by Crippen LogP contribution is 2.18. The van der Waals surface area contributed by atoms with Gasteiger partial charge in [0.1, 0.15) is 5.82 Å². The van der Waals surface area contributed by atoms with Crippen molar-refractivity contribution in [2.24, 2.45) is 12.0 Å². The van der Waals surface area contributed by atoms with E-state index in [1.54, 1.807) is 13.1 Å². The first-order chi connectivity index (χ1) is 11.9. The van der Waals surface area contributed by atoms with Crippen molar-refractivity contribution in [3.63, 3.8) is 0 Å². The highest BCUT2D eigenvalue weighted by atomic mass is 19.1. The molecule has 0 fully saturated rings. The van der Waals surface area contributed by atoms with Crippen LogP contribution in [0.5, 0.6) is 0 Å². The first kappa shape index (κ1) is 19.0. The quantitative estimate of drug-likeness (QED) is 0.647. The minimum absolute atomic E-state index is 0.162. The number of halogens is 1. The van der Waals surface area contributed by atoms with Crippen LogP contribution in [0.15, 0.2) is 35.5 Å². The third-order valence-corrected chi connectivity index (χ3v) is 4.10. The van der Waals surface area contributed by atoms with E-state index in [0.717, 1.165) is 18.2 Å². The van der Waals surface area contributed by atoms with Gasteiger partial charge in [-0.2, -0.15) is 5.10 Å². The summed E-state index contributed by atoms with van der Waals surface area (Å²) in [6.45, 7) is 5.64. The molecule has 0 atom stereocenters. The average Bonchev–Trinajstić information content (AvgIpc) is 2.93. The molecule has 1 N–H and O–H groups in total. The van der Waals surface area contributed by atoms with E-state index in [1.165, 1.54) is 11.6 Å². The van der Waals surface area contributed by atoms with Gasteiger partial charge in [0.25, 0.3) is 0 Å². The van der Waals surface area contributed by atoms with E-state index in [-0.39, 0.29) is 5.82 Å². The summed E-state index contributed by atoms with van der Waals surface area (Å²) in [6.07, 6.45) is 2.67. The van der Waals surface area contributed by atoms with Gasteiger partial charge in [0.05, 0.1) is 5.69 Å². The largest absolute Gasteiger partial charge is 0.356 e. The van der Waals surface area contributed by atoms with Gasteiger partial charge in [0.15, 0.2) is 5.96 Å².